The minimum absolute atomic E-state index is 0.105. The number of amides is 1. The number of piperidine rings is 1. The molecule has 0 unspecified atom stereocenters. The van der Waals surface area contributed by atoms with Gasteiger partial charge in [-0.25, -0.2) is 4.98 Å². The smallest absolute Gasteiger partial charge is 0.264 e. The van der Waals surface area contributed by atoms with Crippen molar-refractivity contribution in [3.8, 4) is 11.5 Å². The van der Waals surface area contributed by atoms with Crippen LogP contribution in [0, 0.1) is 12.8 Å². The van der Waals surface area contributed by atoms with E-state index >= 15 is 0 Å². The molecule has 0 aliphatic carbocycles. The van der Waals surface area contributed by atoms with Gasteiger partial charge in [0, 0.05) is 11.4 Å². The third-order valence-electron chi connectivity index (χ3n) is 4.95. The molecule has 1 N–H and O–H groups in total. The fraction of sp³-hybridized carbons (Fsp3) is 0.455. The van der Waals surface area contributed by atoms with Gasteiger partial charge in [0.15, 0.2) is 23.2 Å². The Morgan fingerprint density at radius 3 is 2.69 bits per heavy atom. The third-order valence-corrected chi connectivity index (χ3v) is 6.00. The lowest BCUT2D eigenvalue weighted by Gasteiger charge is -2.29. The number of aryl methyl sites for hydroxylation is 1. The number of para-hydroxylation sites is 2. The van der Waals surface area contributed by atoms with Crippen LogP contribution >= 0.6 is 11.3 Å². The quantitative estimate of drug-likeness (QED) is 0.620. The maximum atomic E-state index is 12.3. The van der Waals surface area contributed by atoms with E-state index in [1.807, 2.05) is 19.1 Å². The zero-order valence-electron chi connectivity index (χ0n) is 17.1. The van der Waals surface area contributed by atoms with Gasteiger partial charge in [-0.3, -0.25) is 15.0 Å². The highest BCUT2D eigenvalue weighted by Crippen LogP contribution is 2.28. The number of nitrogens with one attached hydrogen (secondary N) is 1. The summed E-state index contributed by atoms with van der Waals surface area (Å²) < 4.78 is 11.2. The highest BCUT2D eigenvalue weighted by Gasteiger charge is 2.19. The number of anilines is 1. The van der Waals surface area contributed by atoms with Crippen molar-refractivity contribution in [2.45, 2.75) is 33.2 Å². The molecule has 2 aromatic rings. The van der Waals surface area contributed by atoms with Crippen LogP contribution in [0.4, 0.5) is 5.13 Å². The largest absolute Gasteiger partial charge is 0.486 e. The van der Waals surface area contributed by atoms with Gasteiger partial charge in [-0.15, -0.1) is 11.3 Å². The monoisotopic (exact) mass is 415 g/mol. The lowest BCUT2D eigenvalue weighted by atomic mass is 9.99. The average Bonchev–Trinajstić information content (AvgIpc) is 3.05. The number of rotatable bonds is 9. The summed E-state index contributed by atoms with van der Waals surface area (Å²) in [5.74, 6) is 1.69. The fourth-order valence-corrected chi connectivity index (χ4v) is 4.21. The summed E-state index contributed by atoms with van der Waals surface area (Å²) in [5.41, 5.74) is 0.980. The molecule has 0 spiro atoms. The lowest BCUT2D eigenvalue weighted by Crippen LogP contribution is -2.32. The van der Waals surface area contributed by atoms with Crippen LogP contribution in [-0.2, 0) is 11.3 Å². The first-order valence-electron chi connectivity index (χ1n) is 9.99. The molecule has 0 atom stereocenters. The minimum Gasteiger partial charge on any atom is -0.486 e. The number of carbonyl (C=O) groups is 1. The van der Waals surface area contributed by atoms with E-state index in [0.717, 1.165) is 31.2 Å². The SMILES string of the molecule is C=CCOc1ccccc1OCC(=O)Nc1nc(C)c(CN2CCC(C)CC2)s1. The van der Waals surface area contributed by atoms with Crippen LogP contribution in [0.15, 0.2) is 36.9 Å². The van der Waals surface area contributed by atoms with Crippen LogP contribution in [0.1, 0.15) is 30.3 Å². The number of carbonyl (C=O) groups excluding carboxylic acids is 1. The summed E-state index contributed by atoms with van der Waals surface area (Å²) in [6.07, 6.45) is 4.16. The first-order valence-corrected chi connectivity index (χ1v) is 10.8. The van der Waals surface area contributed by atoms with E-state index in [2.05, 4.69) is 28.7 Å². The van der Waals surface area contributed by atoms with Crippen LogP contribution in [0.3, 0.4) is 0 Å². The average molecular weight is 416 g/mol. The van der Waals surface area contributed by atoms with Gasteiger partial charge in [0.1, 0.15) is 6.61 Å². The molecule has 2 heterocycles. The van der Waals surface area contributed by atoms with Gasteiger partial charge in [0.2, 0.25) is 0 Å². The number of likely N-dealkylation sites (tertiary alicyclic amines) is 1. The van der Waals surface area contributed by atoms with Gasteiger partial charge in [-0.05, 0) is 50.9 Å². The Bertz CT molecular complexity index is 828. The molecule has 3 rings (SSSR count). The molecule has 0 saturated carbocycles. The number of hydrogen-bond donors (Lipinski definition) is 1. The summed E-state index contributed by atoms with van der Waals surface area (Å²) in [7, 11) is 0. The van der Waals surface area contributed by atoms with Gasteiger partial charge < -0.3 is 9.47 Å². The fourth-order valence-electron chi connectivity index (χ4n) is 3.19. The van der Waals surface area contributed by atoms with Crippen molar-refractivity contribution in [1.82, 2.24) is 9.88 Å². The van der Waals surface area contributed by atoms with Crippen molar-refractivity contribution in [1.29, 1.82) is 0 Å². The van der Waals surface area contributed by atoms with Crippen molar-refractivity contribution in [2.75, 3.05) is 31.6 Å². The molecule has 6 nitrogen and oxygen atoms in total. The Kier molecular flexibility index (Phi) is 7.66. The number of benzene rings is 1. The van der Waals surface area contributed by atoms with E-state index in [4.69, 9.17) is 9.47 Å². The molecule has 29 heavy (non-hydrogen) atoms. The Morgan fingerprint density at radius 1 is 1.31 bits per heavy atom. The van der Waals surface area contributed by atoms with Gasteiger partial charge >= 0.3 is 0 Å². The van der Waals surface area contributed by atoms with Crippen molar-refractivity contribution in [3.63, 3.8) is 0 Å². The molecular formula is C22H29N3O3S. The van der Waals surface area contributed by atoms with Gasteiger partial charge in [-0.1, -0.05) is 31.7 Å². The van der Waals surface area contributed by atoms with Gasteiger partial charge in [0.05, 0.1) is 5.69 Å². The van der Waals surface area contributed by atoms with E-state index in [1.165, 1.54) is 17.7 Å². The molecule has 1 amide bonds. The first-order chi connectivity index (χ1) is 14.0. The second-order valence-corrected chi connectivity index (χ2v) is 8.45. The Hall–Kier alpha value is -2.38. The first kappa shape index (κ1) is 21.3. The van der Waals surface area contributed by atoms with E-state index in [9.17, 15) is 4.79 Å². The van der Waals surface area contributed by atoms with E-state index in [0.29, 0.717) is 23.2 Å². The minimum atomic E-state index is -0.240. The molecule has 1 aromatic carbocycles. The normalized spacial score (nSPS) is 15.1. The van der Waals surface area contributed by atoms with Crippen LogP contribution in [-0.4, -0.2) is 42.1 Å². The maximum absolute atomic E-state index is 12.3. The molecule has 7 heteroatoms. The van der Waals surface area contributed by atoms with Crippen molar-refractivity contribution in [2.24, 2.45) is 5.92 Å². The number of hydrogen-bond acceptors (Lipinski definition) is 6. The summed E-state index contributed by atoms with van der Waals surface area (Å²) in [6, 6.07) is 7.27. The molecule has 1 fully saturated rings. The molecule has 0 radical (unpaired) electrons. The van der Waals surface area contributed by atoms with E-state index in [-0.39, 0.29) is 12.5 Å². The van der Waals surface area contributed by atoms with E-state index < -0.39 is 0 Å². The van der Waals surface area contributed by atoms with Crippen molar-refractivity contribution in [3.05, 3.63) is 47.5 Å². The number of nitrogens with zero attached hydrogens (tertiary/aromatic N) is 2. The Morgan fingerprint density at radius 2 is 2.00 bits per heavy atom. The lowest BCUT2D eigenvalue weighted by molar-refractivity contribution is -0.118. The number of aromatic nitrogens is 1. The highest BCUT2D eigenvalue weighted by atomic mass is 32.1. The third kappa shape index (κ3) is 6.30. The van der Waals surface area contributed by atoms with Crippen LogP contribution in [0.5, 0.6) is 11.5 Å². The molecule has 1 aliphatic heterocycles. The summed E-state index contributed by atoms with van der Waals surface area (Å²) in [6.45, 7) is 11.4. The molecular weight excluding hydrogens is 386 g/mol. The zero-order chi connectivity index (χ0) is 20.6. The van der Waals surface area contributed by atoms with Crippen molar-refractivity contribution >= 4 is 22.4 Å². The number of thiazole rings is 1. The topological polar surface area (TPSA) is 63.7 Å². The molecule has 0 bridgehead atoms. The van der Waals surface area contributed by atoms with Crippen LogP contribution in [0.25, 0.3) is 0 Å². The molecule has 1 saturated heterocycles. The zero-order valence-corrected chi connectivity index (χ0v) is 18.0. The summed E-state index contributed by atoms with van der Waals surface area (Å²) in [4.78, 5) is 20.5. The summed E-state index contributed by atoms with van der Waals surface area (Å²) in [5, 5.41) is 3.47. The molecule has 1 aliphatic rings. The molecule has 1 aromatic heterocycles. The standard InChI is InChI=1S/C22H29N3O3S/c1-4-13-27-18-7-5-6-8-19(18)28-15-21(26)24-22-23-17(3)20(29-22)14-25-11-9-16(2)10-12-25/h4-8,16H,1,9-15H2,2-3H3,(H,23,24,26). The van der Waals surface area contributed by atoms with E-state index in [1.54, 1.807) is 29.5 Å². The second kappa shape index (κ2) is 10.4. The van der Waals surface area contributed by atoms with Gasteiger partial charge in [0.25, 0.3) is 5.91 Å². The van der Waals surface area contributed by atoms with Gasteiger partial charge in [-0.2, -0.15) is 0 Å². The second-order valence-electron chi connectivity index (χ2n) is 7.37. The van der Waals surface area contributed by atoms with Crippen LogP contribution < -0.4 is 14.8 Å². The number of ether oxygens (including phenoxy) is 2. The van der Waals surface area contributed by atoms with Crippen molar-refractivity contribution < 1.29 is 14.3 Å². The predicted molar refractivity (Wildman–Crippen MR) is 117 cm³/mol. The Balaban J connectivity index is 1.52. The maximum Gasteiger partial charge on any atom is 0.264 e. The molecule has 156 valence electrons. The Labute approximate surface area is 176 Å². The highest BCUT2D eigenvalue weighted by molar-refractivity contribution is 7.15. The predicted octanol–water partition coefficient (Wildman–Crippen LogP) is 4.27. The summed E-state index contributed by atoms with van der Waals surface area (Å²) >= 11 is 1.54. The van der Waals surface area contributed by atoms with Crippen LogP contribution in [0.2, 0.25) is 0 Å².